The van der Waals surface area contributed by atoms with Gasteiger partial charge >= 0.3 is 6.09 Å². The number of allylic oxidation sites excluding steroid dienone is 5. The maximum atomic E-state index is 12.1. The van der Waals surface area contributed by atoms with Crippen LogP contribution in [0.25, 0.3) is 0 Å². The van der Waals surface area contributed by atoms with E-state index in [0.717, 1.165) is 44.7 Å². The van der Waals surface area contributed by atoms with Crippen molar-refractivity contribution in [3.63, 3.8) is 0 Å². The van der Waals surface area contributed by atoms with Gasteiger partial charge in [-0.3, -0.25) is 0 Å². The fourth-order valence-electron chi connectivity index (χ4n) is 3.12. The summed E-state index contributed by atoms with van der Waals surface area (Å²) in [7, 11) is 0. The molecule has 2 aliphatic rings. The van der Waals surface area contributed by atoms with Crippen molar-refractivity contribution in [1.29, 1.82) is 0 Å². The molecule has 0 bridgehead atoms. The number of hydrogen-bond donors (Lipinski definition) is 0. The topological polar surface area (TPSA) is 38.8 Å². The number of hydrogen-bond acceptors (Lipinski definition) is 3. The van der Waals surface area contributed by atoms with Crippen molar-refractivity contribution in [2.45, 2.75) is 59.5 Å². The number of amides is 1. The molecule has 4 heteroatoms. The lowest BCUT2D eigenvalue weighted by Gasteiger charge is -2.33. The van der Waals surface area contributed by atoms with E-state index in [1.165, 1.54) is 5.57 Å². The Bertz CT molecular complexity index is 546. The van der Waals surface area contributed by atoms with Crippen LogP contribution in [0, 0.1) is 11.8 Å². The fraction of sp³-hybridized carbons (Fsp3) is 0.667. The van der Waals surface area contributed by atoms with Gasteiger partial charge in [0.15, 0.2) is 0 Å². The molecule has 25 heavy (non-hydrogen) atoms. The normalized spacial score (nSPS) is 22.1. The van der Waals surface area contributed by atoms with Crippen molar-refractivity contribution >= 4 is 6.09 Å². The molecule has 1 unspecified atom stereocenters. The summed E-state index contributed by atoms with van der Waals surface area (Å²) < 4.78 is 11.5. The van der Waals surface area contributed by atoms with Gasteiger partial charge in [0.25, 0.3) is 0 Å². The summed E-state index contributed by atoms with van der Waals surface area (Å²) in [6.45, 7) is 12.4. The molecule has 0 aromatic rings. The Labute approximate surface area is 152 Å². The van der Waals surface area contributed by atoms with Crippen molar-refractivity contribution in [2.75, 3.05) is 19.7 Å². The van der Waals surface area contributed by atoms with E-state index < -0.39 is 5.60 Å². The Morgan fingerprint density at radius 2 is 1.84 bits per heavy atom. The third-order valence-electron chi connectivity index (χ3n) is 4.90. The molecule has 1 aliphatic heterocycles. The van der Waals surface area contributed by atoms with Crippen molar-refractivity contribution < 1.29 is 14.3 Å². The minimum Gasteiger partial charge on any atom is -0.497 e. The molecule has 0 aromatic heterocycles. The van der Waals surface area contributed by atoms with Crippen LogP contribution in [0.2, 0.25) is 0 Å². The Morgan fingerprint density at radius 1 is 1.20 bits per heavy atom. The van der Waals surface area contributed by atoms with Crippen LogP contribution in [-0.4, -0.2) is 36.3 Å². The number of carbonyl (C=O) groups is 1. The van der Waals surface area contributed by atoms with Crippen LogP contribution in [0.15, 0.2) is 35.6 Å². The summed E-state index contributed by atoms with van der Waals surface area (Å²) in [4.78, 5) is 13.9. The minimum atomic E-state index is -0.425. The predicted molar refractivity (Wildman–Crippen MR) is 101 cm³/mol. The number of carbonyl (C=O) groups excluding carboxylic acids is 1. The first-order chi connectivity index (χ1) is 11.8. The van der Waals surface area contributed by atoms with Gasteiger partial charge in [0.1, 0.15) is 11.4 Å². The van der Waals surface area contributed by atoms with E-state index in [9.17, 15) is 4.79 Å². The summed E-state index contributed by atoms with van der Waals surface area (Å²) in [5, 5.41) is 0. The summed E-state index contributed by atoms with van der Waals surface area (Å²) in [6, 6.07) is 0. The van der Waals surface area contributed by atoms with Gasteiger partial charge in [0.2, 0.25) is 0 Å². The second-order valence-corrected chi connectivity index (χ2v) is 8.13. The largest absolute Gasteiger partial charge is 0.497 e. The second kappa shape index (κ2) is 8.59. The Hall–Kier alpha value is -1.71. The molecule has 0 spiro atoms. The van der Waals surface area contributed by atoms with E-state index in [2.05, 4.69) is 32.1 Å². The molecule has 1 aliphatic carbocycles. The lowest BCUT2D eigenvalue weighted by molar-refractivity contribution is 0.0172. The molecule has 1 heterocycles. The molecule has 1 atom stereocenters. The highest BCUT2D eigenvalue weighted by molar-refractivity contribution is 5.68. The highest BCUT2D eigenvalue weighted by Crippen LogP contribution is 2.26. The SMILES string of the molecule is CC1=CC=CC=C(OCCC2CCN(C(=O)OC(C)(C)C)CC2)C1C. The summed E-state index contributed by atoms with van der Waals surface area (Å²) in [5.41, 5.74) is 0.900. The van der Waals surface area contributed by atoms with Gasteiger partial charge in [0.05, 0.1) is 6.61 Å². The molecule has 0 aromatic carbocycles. The molecule has 0 N–H and O–H groups in total. The molecule has 0 saturated carbocycles. The first-order valence-corrected chi connectivity index (χ1v) is 9.42. The summed E-state index contributed by atoms with van der Waals surface area (Å²) in [5.74, 6) is 2.00. The molecule has 2 rings (SSSR count). The van der Waals surface area contributed by atoms with E-state index in [-0.39, 0.29) is 6.09 Å². The monoisotopic (exact) mass is 347 g/mol. The van der Waals surface area contributed by atoms with E-state index in [0.29, 0.717) is 11.8 Å². The number of rotatable bonds is 4. The van der Waals surface area contributed by atoms with Crippen LogP contribution in [0.3, 0.4) is 0 Å². The fourth-order valence-corrected chi connectivity index (χ4v) is 3.12. The van der Waals surface area contributed by atoms with Gasteiger partial charge in [-0.05, 0) is 59.0 Å². The van der Waals surface area contributed by atoms with E-state index in [4.69, 9.17) is 9.47 Å². The van der Waals surface area contributed by atoms with Gasteiger partial charge in [-0.1, -0.05) is 30.7 Å². The van der Waals surface area contributed by atoms with Crippen LogP contribution in [0.4, 0.5) is 4.79 Å². The predicted octanol–water partition coefficient (Wildman–Crippen LogP) is 5.08. The average Bonchev–Trinajstić information content (AvgIpc) is 2.69. The highest BCUT2D eigenvalue weighted by atomic mass is 16.6. The molecule has 0 radical (unpaired) electrons. The first-order valence-electron chi connectivity index (χ1n) is 9.42. The van der Waals surface area contributed by atoms with E-state index in [1.807, 2.05) is 31.7 Å². The molecule has 4 nitrogen and oxygen atoms in total. The van der Waals surface area contributed by atoms with Crippen LogP contribution in [0.5, 0.6) is 0 Å². The highest BCUT2D eigenvalue weighted by Gasteiger charge is 2.26. The number of ether oxygens (including phenoxy) is 2. The third kappa shape index (κ3) is 6.26. The smallest absolute Gasteiger partial charge is 0.410 e. The van der Waals surface area contributed by atoms with Crippen LogP contribution in [-0.2, 0) is 9.47 Å². The van der Waals surface area contributed by atoms with Crippen molar-refractivity contribution in [3.8, 4) is 0 Å². The lowest BCUT2D eigenvalue weighted by atomic mass is 9.94. The molecule has 1 amide bonds. The number of likely N-dealkylation sites (tertiary alicyclic amines) is 1. The van der Waals surface area contributed by atoms with Gasteiger partial charge in [-0.25, -0.2) is 4.79 Å². The van der Waals surface area contributed by atoms with Gasteiger partial charge in [0, 0.05) is 19.0 Å². The zero-order valence-corrected chi connectivity index (χ0v) is 16.4. The van der Waals surface area contributed by atoms with E-state index in [1.54, 1.807) is 0 Å². The second-order valence-electron chi connectivity index (χ2n) is 8.13. The summed E-state index contributed by atoms with van der Waals surface area (Å²) in [6.07, 6.45) is 11.2. The van der Waals surface area contributed by atoms with Crippen molar-refractivity contribution in [3.05, 3.63) is 35.6 Å². The van der Waals surface area contributed by atoms with Crippen LogP contribution < -0.4 is 0 Å². The Kier molecular flexibility index (Phi) is 6.74. The quantitative estimate of drug-likeness (QED) is 0.712. The Balaban J connectivity index is 1.71. The van der Waals surface area contributed by atoms with Gasteiger partial charge < -0.3 is 14.4 Å². The first kappa shape index (κ1) is 19.6. The molecule has 1 saturated heterocycles. The summed E-state index contributed by atoms with van der Waals surface area (Å²) >= 11 is 0. The number of nitrogens with zero attached hydrogens (tertiary/aromatic N) is 1. The molecular weight excluding hydrogens is 314 g/mol. The van der Waals surface area contributed by atoms with Gasteiger partial charge in [-0.15, -0.1) is 0 Å². The standard InChI is InChI=1S/C21H33NO3/c1-16-8-6-7-9-19(17(16)2)24-15-12-18-10-13-22(14-11-18)20(23)25-21(3,4)5/h6-9,17-18H,10-15H2,1-5H3. The maximum absolute atomic E-state index is 12.1. The van der Waals surface area contributed by atoms with Crippen molar-refractivity contribution in [1.82, 2.24) is 4.90 Å². The van der Waals surface area contributed by atoms with Crippen molar-refractivity contribution in [2.24, 2.45) is 11.8 Å². The molecule has 140 valence electrons. The van der Waals surface area contributed by atoms with Crippen LogP contribution in [0.1, 0.15) is 53.9 Å². The molecular formula is C21H33NO3. The van der Waals surface area contributed by atoms with E-state index >= 15 is 0 Å². The maximum Gasteiger partial charge on any atom is 0.410 e. The Morgan fingerprint density at radius 3 is 2.48 bits per heavy atom. The average molecular weight is 347 g/mol. The zero-order valence-electron chi connectivity index (χ0n) is 16.4. The third-order valence-corrected chi connectivity index (χ3v) is 4.90. The molecule has 1 fully saturated rings. The van der Waals surface area contributed by atoms with Crippen LogP contribution >= 0.6 is 0 Å². The number of piperidine rings is 1. The zero-order chi connectivity index (χ0) is 18.4. The minimum absolute atomic E-state index is 0.186. The van der Waals surface area contributed by atoms with Gasteiger partial charge in [-0.2, -0.15) is 0 Å². The lowest BCUT2D eigenvalue weighted by Crippen LogP contribution is -2.41.